The van der Waals surface area contributed by atoms with Crippen LogP contribution in [0.4, 0.5) is 0 Å². The molecule has 0 saturated carbocycles. The van der Waals surface area contributed by atoms with Gasteiger partial charge in [-0.1, -0.05) is 181 Å². The van der Waals surface area contributed by atoms with Crippen LogP contribution in [0.15, 0.2) is 0 Å². The molecule has 0 aromatic heterocycles. The Balaban J connectivity index is 4.30. The summed E-state index contributed by atoms with van der Waals surface area (Å²) in [5.41, 5.74) is 0. The number of aliphatic hydroxyl groups is 1. The van der Waals surface area contributed by atoms with E-state index >= 15 is 0 Å². The highest BCUT2D eigenvalue weighted by Gasteiger charge is 2.24. The SMILES string of the molecule is CCCCCCCCCCCCCCCCCCCCC(O)C(COP(=O)([O-])OCC[N+](C)(C)C)NC(=O)CCCCCCCCCCC. The van der Waals surface area contributed by atoms with Gasteiger partial charge in [-0.2, -0.15) is 0 Å². The van der Waals surface area contributed by atoms with Crippen molar-refractivity contribution < 1.29 is 32.9 Å². The molecule has 0 radical (unpaired) electrons. The molecular weight excluding hydrogens is 635 g/mol. The number of carbonyl (C=O) groups excluding carboxylic acids is 1. The van der Waals surface area contributed by atoms with E-state index in [0.717, 1.165) is 38.5 Å². The summed E-state index contributed by atoms with van der Waals surface area (Å²) < 4.78 is 23.2. The molecule has 0 aromatic carbocycles. The molecule has 1 amide bonds. The van der Waals surface area contributed by atoms with Crippen molar-refractivity contribution in [3.63, 3.8) is 0 Å². The monoisotopic (exact) mass is 719 g/mol. The molecule has 2 N–H and O–H groups in total. The van der Waals surface area contributed by atoms with Crippen LogP contribution in [0.3, 0.4) is 0 Å². The standard InChI is InChI=1S/C40H83N2O6P/c1-6-8-10-12-14-16-17-18-19-20-21-22-23-24-26-27-29-31-33-39(43)38(37-48-49(45,46)47-36-35-42(3,4)5)41-40(44)34-32-30-28-25-15-13-11-9-7-2/h38-39,43H,6-37H2,1-5H3,(H-,41,44,45,46). The van der Waals surface area contributed by atoms with E-state index in [1.807, 2.05) is 21.1 Å². The number of hydrogen-bond donors (Lipinski definition) is 2. The van der Waals surface area contributed by atoms with Gasteiger partial charge >= 0.3 is 0 Å². The van der Waals surface area contributed by atoms with Crippen molar-refractivity contribution in [1.82, 2.24) is 5.32 Å². The fourth-order valence-electron chi connectivity index (χ4n) is 6.22. The van der Waals surface area contributed by atoms with Crippen LogP contribution in [0.25, 0.3) is 0 Å². The summed E-state index contributed by atoms with van der Waals surface area (Å²) in [6.07, 6.45) is 33.9. The molecule has 0 aliphatic heterocycles. The minimum absolute atomic E-state index is 0.0156. The Morgan fingerprint density at radius 1 is 0.633 bits per heavy atom. The van der Waals surface area contributed by atoms with Crippen molar-refractivity contribution in [3.8, 4) is 0 Å². The van der Waals surface area contributed by atoms with E-state index in [1.54, 1.807) is 0 Å². The summed E-state index contributed by atoms with van der Waals surface area (Å²) in [6.45, 7) is 4.70. The second-order valence-corrected chi connectivity index (χ2v) is 17.1. The highest BCUT2D eigenvalue weighted by molar-refractivity contribution is 7.45. The number of likely N-dealkylation sites (N-methyl/N-ethyl adjacent to an activating group) is 1. The van der Waals surface area contributed by atoms with E-state index in [9.17, 15) is 19.4 Å². The van der Waals surface area contributed by atoms with Crippen molar-refractivity contribution in [1.29, 1.82) is 0 Å². The molecule has 0 heterocycles. The molecule has 0 rings (SSSR count). The Bertz CT molecular complexity index is 778. The van der Waals surface area contributed by atoms with Crippen molar-refractivity contribution in [3.05, 3.63) is 0 Å². The quantitative estimate of drug-likeness (QED) is 0.0374. The van der Waals surface area contributed by atoms with Gasteiger partial charge in [0.2, 0.25) is 5.91 Å². The van der Waals surface area contributed by atoms with Gasteiger partial charge in [0, 0.05) is 6.42 Å². The summed E-state index contributed by atoms with van der Waals surface area (Å²) in [6, 6.07) is -0.791. The Labute approximate surface area is 304 Å². The lowest BCUT2D eigenvalue weighted by atomic mass is 10.0. The number of phosphoric acid groups is 1. The fourth-order valence-corrected chi connectivity index (χ4v) is 6.94. The van der Waals surface area contributed by atoms with E-state index < -0.39 is 20.0 Å². The van der Waals surface area contributed by atoms with Crippen LogP contribution in [-0.4, -0.2) is 68.5 Å². The maximum absolute atomic E-state index is 12.8. The summed E-state index contributed by atoms with van der Waals surface area (Å²) >= 11 is 0. The number of rotatable bonds is 38. The average Bonchev–Trinajstić information content (AvgIpc) is 3.04. The number of phosphoric ester groups is 1. The number of unbranched alkanes of at least 4 members (excludes halogenated alkanes) is 25. The average molecular weight is 719 g/mol. The molecule has 0 aliphatic carbocycles. The van der Waals surface area contributed by atoms with Crippen molar-refractivity contribution >= 4 is 13.7 Å². The first kappa shape index (κ1) is 48.5. The van der Waals surface area contributed by atoms with Crippen molar-refractivity contribution in [2.24, 2.45) is 0 Å². The maximum atomic E-state index is 12.8. The van der Waals surface area contributed by atoms with E-state index in [2.05, 4.69) is 19.2 Å². The predicted molar refractivity (Wildman–Crippen MR) is 206 cm³/mol. The molecule has 49 heavy (non-hydrogen) atoms. The van der Waals surface area contributed by atoms with E-state index in [-0.39, 0.29) is 19.1 Å². The highest BCUT2D eigenvalue weighted by Crippen LogP contribution is 2.38. The highest BCUT2D eigenvalue weighted by atomic mass is 31.2. The van der Waals surface area contributed by atoms with Crippen LogP contribution in [0.5, 0.6) is 0 Å². The van der Waals surface area contributed by atoms with Gasteiger partial charge in [-0.15, -0.1) is 0 Å². The molecule has 0 aromatic rings. The maximum Gasteiger partial charge on any atom is 0.268 e. The van der Waals surface area contributed by atoms with Crippen LogP contribution < -0.4 is 10.2 Å². The van der Waals surface area contributed by atoms with Crippen molar-refractivity contribution in [2.45, 2.75) is 212 Å². The normalized spacial score (nSPS) is 14.5. The van der Waals surface area contributed by atoms with Gasteiger partial charge < -0.3 is 28.8 Å². The van der Waals surface area contributed by atoms with E-state index in [4.69, 9.17) is 9.05 Å². The van der Waals surface area contributed by atoms with Gasteiger partial charge in [0.1, 0.15) is 13.2 Å². The molecule has 0 spiro atoms. The summed E-state index contributed by atoms with van der Waals surface area (Å²) in [5.74, 6) is -0.167. The van der Waals surface area contributed by atoms with Crippen molar-refractivity contribution in [2.75, 3.05) is 40.9 Å². The zero-order chi connectivity index (χ0) is 36.5. The molecule has 0 saturated heterocycles. The molecule has 3 unspecified atom stereocenters. The molecule has 294 valence electrons. The lowest BCUT2D eigenvalue weighted by Gasteiger charge is -2.30. The third kappa shape index (κ3) is 35.7. The first-order chi connectivity index (χ1) is 23.5. The summed E-state index contributed by atoms with van der Waals surface area (Å²) in [5, 5.41) is 13.8. The number of aliphatic hydroxyl groups excluding tert-OH is 1. The zero-order valence-electron chi connectivity index (χ0n) is 33.2. The van der Waals surface area contributed by atoms with E-state index in [1.165, 1.54) is 135 Å². The van der Waals surface area contributed by atoms with Gasteiger partial charge in [-0.25, -0.2) is 0 Å². The van der Waals surface area contributed by atoms with E-state index in [0.29, 0.717) is 23.9 Å². The number of nitrogens with zero attached hydrogens (tertiary/aromatic N) is 1. The Morgan fingerprint density at radius 3 is 1.39 bits per heavy atom. The van der Waals surface area contributed by atoms with Gasteiger partial charge in [-0.05, 0) is 12.8 Å². The lowest BCUT2D eigenvalue weighted by molar-refractivity contribution is -0.870. The summed E-state index contributed by atoms with van der Waals surface area (Å²) in [4.78, 5) is 25.2. The van der Waals surface area contributed by atoms with Gasteiger partial charge in [0.05, 0.1) is 39.9 Å². The van der Waals surface area contributed by atoms with Crippen LogP contribution in [0.2, 0.25) is 0 Å². The fraction of sp³-hybridized carbons (Fsp3) is 0.975. The first-order valence-corrected chi connectivity index (χ1v) is 22.3. The molecule has 9 heteroatoms. The number of quaternary nitrogens is 1. The molecular formula is C40H83N2O6P. The molecule has 8 nitrogen and oxygen atoms in total. The Kier molecular flexibility index (Phi) is 33.0. The predicted octanol–water partition coefficient (Wildman–Crippen LogP) is 10.4. The number of nitrogens with one attached hydrogen (secondary N) is 1. The third-order valence-electron chi connectivity index (χ3n) is 9.60. The minimum Gasteiger partial charge on any atom is -0.756 e. The second kappa shape index (κ2) is 33.3. The number of amides is 1. The largest absolute Gasteiger partial charge is 0.756 e. The van der Waals surface area contributed by atoms with Gasteiger partial charge in [0.25, 0.3) is 7.82 Å². The smallest absolute Gasteiger partial charge is 0.268 e. The molecule has 0 fully saturated rings. The topological polar surface area (TPSA) is 108 Å². The van der Waals surface area contributed by atoms with Gasteiger partial charge in [0.15, 0.2) is 0 Å². The number of hydrogen-bond acceptors (Lipinski definition) is 6. The molecule has 0 aliphatic rings. The number of carbonyl (C=O) groups is 1. The summed E-state index contributed by atoms with van der Waals surface area (Å²) in [7, 11) is 1.31. The zero-order valence-corrected chi connectivity index (χ0v) is 34.1. The third-order valence-corrected chi connectivity index (χ3v) is 10.6. The second-order valence-electron chi connectivity index (χ2n) is 15.7. The molecule has 0 bridgehead atoms. The minimum atomic E-state index is -4.55. The molecule has 3 atom stereocenters. The van der Waals surface area contributed by atoms with Crippen LogP contribution in [0, 0.1) is 0 Å². The Hall–Kier alpha value is -0.500. The van der Waals surface area contributed by atoms with Crippen LogP contribution in [0.1, 0.15) is 200 Å². The first-order valence-electron chi connectivity index (χ1n) is 20.9. The van der Waals surface area contributed by atoms with Gasteiger partial charge in [-0.3, -0.25) is 9.36 Å². The Morgan fingerprint density at radius 2 is 1.00 bits per heavy atom. The van der Waals surface area contributed by atoms with Crippen LogP contribution >= 0.6 is 7.82 Å². The lowest BCUT2D eigenvalue weighted by Crippen LogP contribution is -2.46. The van der Waals surface area contributed by atoms with Crippen LogP contribution in [-0.2, 0) is 18.4 Å².